The molecule has 2 heterocycles. The molecule has 1 aromatic carbocycles. The van der Waals surface area contributed by atoms with Crippen molar-refractivity contribution in [2.24, 2.45) is 0 Å². The van der Waals surface area contributed by atoms with E-state index in [2.05, 4.69) is 10.2 Å². The summed E-state index contributed by atoms with van der Waals surface area (Å²) in [5, 5.41) is 8.73. The predicted octanol–water partition coefficient (Wildman–Crippen LogP) is 5.74. The van der Waals surface area contributed by atoms with Crippen molar-refractivity contribution in [3.05, 3.63) is 46.2 Å². The van der Waals surface area contributed by atoms with E-state index in [4.69, 9.17) is 41.5 Å². The molecule has 0 N–H and O–H groups in total. The van der Waals surface area contributed by atoms with Gasteiger partial charge in [-0.15, -0.1) is 10.2 Å². The van der Waals surface area contributed by atoms with Crippen molar-refractivity contribution in [2.75, 3.05) is 13.7 Å². The first-order valence-corrected chi connectivity index (χ1v) is 8.97. The summed E-state index contributed by atoms with van der Waals surface area (Å²) in [5.41, 5.74) is 1.45. The van der Waals surface area contributed by atoms with E-state index >= 15 is 0 Å². The summed E-state index contributed by atoms with van der Waals surface area (Å²) in [6.07, 6.45) is 1.67. The molecule has 6 nitrogen and oxygen atoms in total. The highest BCUT2D eigenvalue weighted by Gasteiger charge is 2.17. The summed E-state index contributed by atoms with van der Waals surface area (Å²) in [6.45, 7) is 6.04. The average Bonchev–Trinajstić information content (AvgIpc) is 3.21. The van der Waals surface area contributed by atoms with Crippen LogP contribution in [-0.2, 0) is 0 Å². The highest BCUT2D eigenvalue weighted by molar-refractivity contribution is 6.50. The number of halogens is 2. The van der Waals surface area contributed by atoms with Crippen LogP contribution in [0.5, 0.6) is 11.5 Å². The Bertz CT molecular complexity index is 992. The molecule has 0 atom stereocenters. The van der Waals surface area contributed by atoms with Crippen molar-refractivity contribution in [3.63, 3.8) is 0 Å². The minimum atomic E-state index is 0.190. The molecule has 0 bridgehead atoms. The van der Waals surface area contributed by atoms with Gasteiger partial charge in [-0.2, -0.15) is 0 Å². The zero-order chi connectivity index (χ0) is 19.6. The van der Waals surface area contributed by atoms with Crippen molar-refractivity contribution < 1.29 is 18.3 Å². The Labute approximate surface area is 166 Å². The van der Waals surface area contributed by atoms with E-state index in [1.54, 1.807) is 18.2 Å². The van der Waals surface area contributed by atoms with Gasteiger partial charge in [0, 0.05) is 0 Å². The second kappa shape index (κ2) is 8.06. The van der Waals surface area contributed by atoms with Crippen LogP contribution in [0.15, 0.2) is 27.0 Å². The Hall–Kier alpha value is -2.44. The fraction of sp³-hybridized carbons (Fsp3) is 0.263. The van der Waals surface area contributed by atoms with Gasteiger partial charge in [0.2, 0.25) is 0 Å². The van der Waals surface area contributed by atoms with E-state index in [1.165, 1.54) is 7.11 Å². The van der Waals surface area contributed by atoms with Crippen LogP contribution in [0.2, 0.25) is 5.02 Å². The molecule has 0 spiro atoms. The third-order valence-electron chi connectivity index (χ3n) is 3.73. The molecule has 0 saturated heterocycles. The normalized spacial score (nSPS) is 11.7. The molecule has 0 saturated carbocycles. The molecule has 142 valence electrons. The largest absolute Gasteiger partial charge is 0.491 e. The molecule has 0 unspecified atom stereocenters. The predicted molar refractivity (Wildman–Crippen MR) is 104 cm³/mol. The number of aryl methyl sites for hydroxylation is 2. The molecule has 0 aliphatic rings. The molecular weight excluding hydrogens is 391 g/mol. The van der Waals surface area contributed by atoms with Gasteiger partial charge in [-0.3, -0.25) is 0 Å². The van der Waals surface area contributed by atoms with E-state index in [0.717, 1.165) is 11.3 Å². The Morgan fingerprint density at radius 3 is 2.59 bits per heavy atom. The number of nitrogens with zero attached hydrogens (tertiary/aromatic N) is 2. The molecule has 8 heteroatoms. The maximum absolute atomic E-state index is 6.37. The van der Waals surface area contributed by atoms with Gasteiger partial charge in [0.25, 0.3) is 11.8 Å². The van der Waals surface area contributed by atoms with E-state index in [9.17, 15) is 0 Å². The number of benzene rings is 1. The van der Waals surface area contributed by atoms with Crippen LogP contribution in [0, 0.1) is 13.8 Å². The molecule has 0 aliphatic heterocycles. The molecule has 3 rings (SSSR count). The standard InChI is InChI=1S/C19H18Cl2N2O4/c1-5-25-16-9-12(7-14(20)17(16)24-4)8-15(21)19-23-22-18(27-19)13-6-10(2)26-11(13)3/h6-9H,5H2,1-4H3/b15-8-. The second-order valence-electron chi connectivity index (χ2n) is 5.70. The maximum atomic E-state index is 6.37. The molecule has 0 aliphatic carbocycles. The van der Waals surface area contributed by atoms with Crippen LogP contribution in [0.3, 0.4) is 0 Å². The van der Waals surface area contributed by atoms with Gasteiger partial charge in [-0.05, 0) is 50.6 Å². The van der Waals surface area contributed by atoms with Crippen molar-refractivity contribution in [1.82, 2.24) is 10.2 Å². The molecule has 27 heavy (non-hydrogen) atoms. The van der Waals surface area contributed by atoms with Gasteiger partial charge in [0.05, 0.1) is 24.3 Å². The highest BCUT2D eigenvalue weighted by atomic mass is 35.5. The first kappa shape index (κ1) is 19.3. The summed E-state index contributed by atoms with van der Waals surface area (Å²) < 4.78 is 22.0. The Morgan fingerprint density at radius 1 is 1.19 bits per heavy atom. The SMILES string of the molecule is CCOc1cc(/C=C(\Cl)c2nnc(-c3cc(C)oc3C)o2)cc(Cl)c1OC. The Morgan fingerprint density at radius 2 is 1.96 bits per heavy atom. The summed E-state index contributed by atoms with van der Waals surface area (Å²) >= 11 is 12.6. The van der Waals surface area contributed by atoms with Crippen LogP contribution in [0.1, 0.15) is 29.9 Å². The molecule has 2 aromatic heterocycles. The minimum Gasteiger partial charge on any atom is -0.491 e. The molecule has 0 fully saturated rings. The number of rotatable bonds is 6. The zero-order valence-electron chi connectivity index (χ0n) is 15.3. The summed E-state index contributed by atoms with van der Waals surface area (Å²) in [5.74, 6) is 2.99. The average molecular weight is 409 g/mol. The van der Waals surface area contributed by atoms with Gasteiger partial charge in [-0.1, -0.05) is 23.2 Å². The number of aromatic nitrogens is 2. The highest BCUT2D eigenvalue weighted by Crippen LogP contribution is 2.37. The molecule has 0 radical (unpaired) electrons. The lowest BCUT2D eigenvalue weighted by Crippen LogP contribution is -1.96. The van der Waals surface area contributed by atoms with E-state index in [1.807, 2.05) is 26.8 Å². The molecule has 0 amide bonds. The summed E-state index contributed by atoms with van der Waals surface area (Å²) in [7, 11) is 1.53. The lowest BCUT2D eigenvalue weighted by atomic mass is 10.2. The number of ether oxygens (including phenoxy) is 2. The zero-order valence-corrected chi connectivity index (χ0v) is 16.8. The van der Waals surface area contributed by atoms with Crippen LogP contribution >= 0.6 is 23.2 Å². The minimum absolute atomic E-state index is 0.190. The first-order valence-electron chi connectivity index (χ1n) is 8.21. The fourth-order valence-electron chi connectivity index (χ4n) is 2.61. The first-order chi connectivity index (χ1) is 12.9. The number of furan rings is 1. The maximum Gasteiger partial charge on any atom is 0.259 e. The summed E-state index contributed by atoms with van der Waals surface area (Å²) in [4.78, 5) is 0. The topological polar surface area (TPSA) is 70.5 Å². The molecule has 3 aromatic rings. The third kappa shape index (κ3) is 4.12. The molecular formula is C19H18Cl2N2O4. The summed E-state index contributed by atoms with van der Waals surface area (Å²) in [6, 6.07) is 5.32. The van der Waals surface area contributed by atoms with Crippen LogP contribution in [0.25, 0.3) is 22.6 Å². The van der Waals surface area contributed by atoms with Crippen LogP contribution < -0.4 is 9.47 Å². The Kier molecular flexibility index (Phi) is 5.77. The lowest BCUT2D eigenvalue weighted by Gasteiger charge is -2.11. The smallest absolute Gasteiger partial charge is 0.259 e. The van der Waals surface area contributed by atoms with Crippen LogP contribution in [0.4, 0.5) is 0 Å². The van der Waals surface area contributed by atoms with Gasteiger partial charge in [-0.25, -0.2) is 0 Å². The third-order valence-corrected chi connectivity index (χ3v) is 4.28. The van der Waals surface area contributed by atoms with Gasteiger partial charge >= 0.3 is 0 Å². The quantitative estimate of drug-likeness (QED) is 0.517. The second-order valence-corrected chi connectivity index (χ2v) is 6.51. The van der Waals surface area contributed by atoms with Gasteiger partial charge in [0.15, 0.2) is 11.5 Å². The van der Waals surface area contributed by atoms with Crippen molar-refractivity contribution in [3.8, 4) is 23.0 Å². The lowest BCUT2D eigenvalue weighted by molar-refractivity contribution is 0.311. The van der Waals surface area contributed by atoms with E-state index < -0.39 is 0 Å². The van der Waals surface area contributed by atoms with Gasteiger partial charge < -0.3 is 18.3 Å². The number of hydrogen-bond acceptors (Lipinski definition) is 6. The van der Waals surface area contributed by atoms with Crippen molar-refractivity contribution in [1.29, 1.82) is 0 Å². The Balaban J connectivity index is 1.93. The van der Waals surface area contributed by atoms with E-state index in [-0.39, 0.29) is 10.9 Å². The van der Waals surface area contributed by atoms with Crippen molar-refractivity contribution in [2.45, 2.75) is 20.8 Å². The number of methoxy groups -OCH3 is 1. The van der Waals surface area contributed by atoms with E-state index in [0.29, 0.717) is 40.3 Å². The van der Waals surface area contributed by atoms with Crippen molar-refractivity contribution >= 4 is 34.3 Å². The fourth-order valence-corrected chi connectivity index (χ4v) is 3.11. The monoisotopic (exact) mass is 408 g/mol. The number of hydrogen-bond donors (Lipinski definition) is 0. The van der Waals surface area contributed by atoms with Gasteiger partial charge in [0.1, 0.15) is 16.6 Å². The van der Waals surface area contributed by atoms with Crippen LogP contribution in [-0.4, -0.2) is 23.9 Å².